The van der Waals surface area contributed by atoms with Gasteiger partial charge in [0.15, 0.2) is 5.96 Å². The number of benzene rings is 2. The van der Waals surface area contributed by atoms with Crippen LogP contribution in [0.2, 0.25) is 0 Å². The largest absolute Gasteiger partial charge is 0.361 e. The third-order valence-corrected chi connectivity index (χ3v) is 5.33. The molecule has 2 aromatic carbocycles. The van der Waals surface area contributed by atoms with Gasteiger partial charge in [-0.05, 0) is 31.9 Å². The molecule has 166 valence electrons. The fourth-order valence-electron chi connectivity index (χ4n) is 3.85. The Hall–Kier alpha value is -2.35. The summed E-state index contributed by atoms with van der Waals surface area (Å²) in [4.78, 5) is 4.84. The van der Waals surface area contributed by atoms with Crippen molar-refractivity contribution >= 4 is 29.9 Å². The van der Waals surface area contributed by atoms with E-state index in [-0.39, 0.29) is 35.8 Å². The highest BCUT2D eigenvalue weighted by atomic mass is 127. The first kappa shape index (κ1) is 24.9. The van der Waals surface area contributed by atoms with Gasteiger partial charge in [0.1, 0.15) is 5.76 Å². The molecule has 2 N–H and O–H groups in total. The lowest BCUT2D eigenvalue weighted by Crippen LogP contribution is -2.39. The highest BCUT2D eigenvalue weighted by Gasteiger charge is 2.17. The molecule has 0 aliphatic heterocycles. The Morgan fingerprint density at radius 2 is 1.55 bits per heavy atom. The number of hydrogen-bond donors (Lipinski definition) is 2. The second-order valence-electron chi connectivity index (χ2n) is 7.61. The summed E-state index contributed by atoms with van der Waals surface area (Å²) in [7, 11) is 0. The zero-order valence-electron chi connectivity index (χ0n) is 18.8. The molecule has 0 fully saturated rings. The minimum atomic E-state index is 0. The molecule has 5 nitrogen and oxygen atoms in total. The van der Waals surface area contributed by atoms with Gasteiger partial charge in [-0.25, -0.2) is 0 Å². The normalized spacial score (nSPS) is 12.4. The van der Waals surface area contributed by atoms with E-state index in [0.717, 1.165) is 36.1 Å². The average Bonchev–Trinajstić information content (AvgIpc) is 3.11. The SMILES string of the molecule is CCNC(=NCC(C)c1c(C)noc1C)NCC(c1ccccc1)c1ccccc1.I. The predicted molar refractivity (Wildman–Crippen MR) is 139 cm³/mol. The standard InChI is InChI=1S/C25H32N4O.HI/c1-5-26-25(27-16-18(2)24-19(3)29-30-20(24)4)28-17-23(21-12-8-6-9-13-21)22-14-10-7-11-15-22;/h6-15,18,23H,5,16-17H2,1-4H3,(H2,26,27,28);1H. The quantitative estimate of drug-likeness (QED) is 0.232. The predicted octanol–water partition coefficient (Wildman–Crippen LogP) is 5.40. The summed E-state index contributed by atoms with van der Waals surface area (Å²) in [6.07, 6.45) is 0. The minimum absolute atomic E-state index is 0. The molecule has 0 spiro atoms. The molecule has 1 aromatic heterocycles. The zero-order valence-corrected chi connectivity index (χ0v) is 21.1. The van der Waals surface area contributed by atoms with Crippen LogP contribution in [0.15, 0.2) is 70.2 Å². The molecule has 3 aromatic rings. The molecular formula is C25H33IN4O. The molecule has 6 heteroatoms. The molecule has 0 saturated heterocycles. The van der Waals surface area contributed by atoms with Crippen LogP contribution in [0.4, 0.5) is 0 Å². The summed E-state index contributed by atoms with van der Waals surface area (Å²) >= 11 is 0. The molecule has 0 radical (unpaired) electrons. The third kappa shape index (κ3) is 6.82. The molecule has 3 rings (SSSR count). The zero-order chi connectivity index (χ0) is 21.3. The van der Waals surface area contributed by atoms with Crippen molar-refractivity contribution in [1.82, 2.24) is 15.8 Å². The van der Waals surface area contributed by atoms with E-state index in [4.69, 9.17) is 9.52 Å². The molecular weight excluding hydrogens is 499 g/mol. The minimum Gasteiger partial charge on any atom is -0.361 e. The Kier molecular flexibility index (Phi) is 10.0. The van der Waals surface area contributed by atoms with Gasteiger partial charge in [-0.1, -0.05) is 72.7 Å². The van der Waals surface area contributed by atoms with Crippen molar-refractivity contribution in [2.45, 2.75) is 39.5 Å². The fraction of sp³-hybridized carbons (Fsp3) is 0.360. The van der Waals surface area contributed by atoms with Crippen molar-refractivity contribution in [3.63, 3.8) is 0 Å². The van der Waals surface area contributed by atoms with Crippen molar-refractivity contribution in [2.75, 3.05) is 19.6 Å². The van der Waals surface area contributed by atoms with Crippen molar-refractivity contribution in [3.8, 4) is 0 Å². The van der Waals surface area contributed by atoms with E-state index in [1.807, 2.05) is 13.8 Å². The maximum Gasteiger partial charge on any atom is 0.191 e. The average molecular weight is 532 g/mol. The number of hydrogen-bond acceptors (Lipinski definition) is 3. The number of rotatable bonds is 8. The molecule has 1 atom stereocenters. The topological polar surface area (TPSA) is 62.5 Å². The Morgan fingerprint density at radius 1 is 0.968 bits per heavy atom. The van der Waals surface area contributed by atoms with Gasteiger partial charge in [-0.2, -0.15) is 0 Å². The molecule has 31 heavy (non-hydrogen) atoms. The van der Waals surface area contributed by atoms with E-state index in [9.17, 15) is 0 Å². The maximum absolute atomic E-state index is 5.32. The first-order chi connectivity index (χ1) is 14.6. The van der Waals surface area contributed by atoms with E-state index in [1.165, 1.54) is 11.1 Å². The van der Waals surface area contributed by atoms with Gasteiger partial charge in [-0.15, -0.1) is 24.0 Å². The van der Waals surface area contributed by atoms with Crippen LogP contribution in [-0.2, 0) is 0 Å². The monoisotopic (exact) mass is 532 g/mol. The molecule has 1 unspecified atom stereocenters. The molecule has 0 aliphatic carbocycles. The fourth-order valence-corrected chi connectivity index (χ4v) is 3.85. The molecule has 0 amide bonds. The summed E-state index contributed by atoms with van der Waals surface area (Å²) in [6.45, 7) is 10.4. The smallest absolute Gasteiger partial charge is 0.191 e. The van der Waals surface area contributed by atoms with Gasteiger partial charge in [-0.3, -0.25) is 4.99 Å². The number of nitrogens with zero attached hydrogens (tertiary/aromatic N) is 2. The number of aryl methyl sites for hydroxylation is 2. The van der Waals surface area contributed by atoms with Crippen molar-refractivity contribution in [1.29, 1.82) is 0 Å². The molecule has 0 aliphatic rings. The van der Waals surface area contributed by atoms with E-state index in [1.54, 1.807) is 0 Å². The first-order valence-corrected chi connectivity index (χ1v) is 10.6. The molecule has 0 bridgehead atoms. The number of aliphatic imine (C=N–C) groups is 1. The van der Waals surface area contributed by atoms with Gasteiger partial charge in [0, 0.05) is 37.0 Å². The third-order valence-electron chi connectivity index (χ3n) is 5.33. The maximum atomic E-state index is 5.32. The van der Waals surface area contributed by atoms with Crippen LogP contribution in [0.1, 0.15) is 53.8 Å². The Balaban J connectivity index is 0.00000341. The second kappa shape index (κ2) is 12.5. The van der Waals surface area contributed by atoms with Gasteiger partial charge in [0.25, 0.3) is 0 Å². The van der Waals surface area contributed by atoms with Gasteiger partial charge in [0.2, 0.25) is 0 Å². The van der Waals surface area contributed by atoms with Crippen LogP contribution < -0.4 is 10.6 Å². The lowest BCUT2D eigenvalue weighted by atomic mass is 9.91. The second-order valence-corrected chi connectivity index (χ2v) is 7.61. The summed E-state index contributed by atoms with van der Waals surface area (Å²) in [5.41, 5.74) is 4.68. The lowest BCUT2D eigenvalue weighted by Gasteiger charge is -2.21. The first-order valence-electron chi connectivity index (χ1n) is 10.6. The van der Waals surface area contributed by atoms with Crippen LogP contribution in [-0.4, -0.2) is 30.8 Å². The van der Waals surface area contributed by atoms with E-state index < -0.39 is 0 Å². The Labute approximate surface area is 202 Å². The summed E-state index contributed by atoms with van der Waals surface area (Å²) in [5, 5.41) is 11.0. The van der Waals surface area contributed by atoms with E-state index >= 15 is 0 Å². The molecule has 0 saturated carbocycles. The summed E-state index contributed by atoms with van der Waals surface area (Å²) in [6, 6.07) is 21.2. The van der Waals surface area contributed by atoms with Crippen LogP contribution >= 0.6 is 24.0 Å². The highest BCUT2D eigenvalue weighted by molar-refractivity contribution is 14.0. The van der Waals surface area contributed by atoms with Crippen molar-refractivity contribution in [2.24, 2.45) is 4.99 Å². The number of guanidine groups is 1. The van der Waals surface area contributed by atoms with E-state index in [2.05, 4.69) is 90.3 Å². The number of halogens is 1. The van der Waals surface area contributed by atoms with Gasteiger partial charge >= 0.3 is 0 Å². The molecule has 1 heterocycles. The van der Waals surface area contributed by atoms with Crippen LogP contribution in [0.5, 0.6) is 0 Å². The van der Waals surface area contributed by atoms with Crippen LogP contribution in [0, 0.1) is 13.8 Å². The van der Waals surface area contributed by atoms with Gasteiger partial charge in [0.05, 0.1) is 5.69 Å². The van der Waals surface area contributed by atoms with E-state index in [0.29, 0.717) is 6.54 Å². The number of aromatic nitrogens is 1. The van der Waals surface area contributed by atoms with Crippen molar-refractivity contribution < 1.29 is 4.52 Å². The lowest BCUT2D eigenvalue weighted by molar-refractivity contribution is 0.391. The summed E-state index contributed by atoms with van der Waals surface area (Å²) < 4.78 is 5.32. The van der Waals surface area contributed by atoms with Crippen LogP contribution in [0.25, 0.3) is 0 Å². The van der Waals surface area contributed by atoms with Gasteiger partial charge < -0.3 is 15.2 Å². The number of nitrogens with one attached hydrogen (secondary N) is 2. The Bertz CT molecular complexity index is 882. The van der Waals surface area contributed by atoms with Crippen LogP contribution in [0.3, 0.4) is 0 Å². The summed E-state index contributed by atoms with van der Waals surface area (Å²) in [5.74, 6) is 2.19. The Morgan fingerprint density at radius 3 is 2.03 bits per heavy atom. The highest BCUT2D eigenvalue weighted by Crippen LogP contribution is 2.24. The van der Waals surface area contributed by atoms with Crippen molar-refractivity contribution in [3.05, 3.63) is 88.8 Å².